The van der Waals surface area contributed by atoms with E-state index in [9.17, 15) is 14.7 Å². The van der Waals surface area contributed by atoms with E-state index in [1.165, 1.54) is 10.9 Å². The number of carbonyl (C=O) groups is 1. The van der Waals surface area contributed by atoms with Crippen LogP contribution in [0.2, 0.25) is 0 Å². The van der Waals surface area contributed by atoms with Gasteiger partial charge in [-0.15, -0.1) is 0 Å². The van der Waals surface area contributed by atoms with Crippen LogP contribution >= 0.6 is 0 Å². The molecule has 2 heterocycles. The molecule has 0 radical (unpaired) electrons. The van der Waals surface area contributed by atoms with Gasteiger partial charge < -0.3 is 14.6 Å². The van der Waals surface area contributed by atoms with E-state index < -0.39 is 5.60 Å². The minimum Gasteiger partial charge on any atom is -0.389 e. The largest absolute Gasteiger partial charge is 0.389 e. The smallest absolute Gasteiger partial charge is 0.256 e. The second-order valence-corrected chi connectivity index (χ2v) is 6.55. The monoisotopic (exact) mass is 321 g/mol. The molecule has 2 rings (SSSR count). The van der Waals surface area contributed by atoms with Gasteiger partial charge in [-0.05, 0) is 19.3 Å². The van der Waals surface area contributed by atoms with Gasteiger partial charge in [-0.2, -0.15) is 0 Å². The number of aryl methyl sites for hydroxylation is 1. The van der Waals surface area contributed by atoms with E-state index in [2.05, 4.69) is 4.98 Å². The van der Waals surface area contributed by atoms with Crippen LogP contribution in [-0.2, 0) is 24.8 Å². The summed E-state index contributed by atoms with van der Waals surface area (Å²) in [4.78, 5) is 30.6. The third-order valence-electron chi connectivity index (χ3n) is 4.55. The van der Waals surface area contributed by atoms with Crippen molar-refractivity contribution in [3.8, 4) is 0 Å². The third kappa shape index (κ3) is 3.99. The van der Waals surface area contributed by atoms with E-state index in [4.69, 9.17) is 0 Å². The highest BCUT2D eigenvalue weighted by atomic mass is 16.3. The van der Waals surface area contributed by atoms with Crippen LogP contribution in [-0.4, -0.2) is 37.6 Å². The molecule has 6 heteroatoms. The predicted molar refractivity (Wildman–Crippen MR) is 88.0 cm³/mol. The first-order chi connectivity index (χ1) is 10.9. The Labute approximate surface area is 137 Å². The van der Waals surface area contributed by atoms with E-state index in [1.807, 2.05) is 13.8 Å². The van der Waals surface area contributed by atoms with Crippen LogP contribution in [0.15, 0.2) is 11.1 Å². The lowest BCUT2D eigenvalue weighted by molar-refractivity contribution is -0.138. The number of carbonyl (C=O) groups excluding carboxylic acids is 1. The maximum atomic E-state index is 12.6. The molecule has 0 aliphatic carbocycles. The number of nitrogens with zero attached hydrogens (tertiary/aromatic N) is 3. The minimum absolute atomic E-state index is 0.0319. The van der Waals surface area contributed by atoms with Crippen molar-refractivity contribution in [3.63, 3.8) is 0 Å². The Bertz CT molecular complexity index is 618. The van der Waals surface area contributed by atoms with Crippen LogP contribution in [0, 0.1) is 0 Å². The molecule has 1 aromatic heterocycles. The highest BCUT2D eigenvalue weighted by Crippen LogP contribution is 2.25. The molecular weight excluding hydrogens is 294 g/mol. The van der Waals surface area contributed by atoms with Gasteiger partial charge in [0, 0.05) is 19.2 Å². The zero-order valence-corrected chi connectivity index (χ0v) is 14.3. The first-order valence-electron chi connectivity index (χ1n) is 8.43. The number of rotatable bonds is 6. The summed E-state index contributed by atoms with van der Waals surface area (Å²) in [6.45, 7) is 4.91. The van der Waals surface area contributed by atoms with Crippen LogP contribution in [0.1, 0.15) is 57.2 Å². The van der Waals surface area contributed by atoms with E-state index in [0.717, 1.165) is 12.8 Å². The molecule has 0 fully saturated rings. The van der Waals surface area contributed by atoms with Crippen LogP contribution < -0.4 is 5.56 Å². The minimum atomic E-state index is -0.916. The van der Waals surface area contributed by atoms with Crippen molar-refractivity contribution >= 4 is 5.91 Å². The topological polar surface area (TPSA) is 75.4 Å². The van der Waals surface area contributed by atoms with E-state index in [1.54, 1.807) is 11.9 Å². The van der Waals surface area contributed by atoms with Crippen LogP contribution in [0.4, 0.5) is 0 Å². The van der Waals surface area contributed by atoms with Gasteiger partial charge in [0.1, 0.15) is 0 Å². The molecule has 1 aliphatic heterocycles. The second-order valence-electron chi connectivity index (χ2n) is 6.55. The quantitative estimate of drug-likeness (QED) is 0.859. The molecule has 128 valence electrons. The summed E-state index contributed by atoms with van der Waals surface area (Å²) in [5.41, 5.74) is 0.440. The summed E-state index contributed by atoms with van der Waals surface area (Å²) in [7, 11) is 1.68. The van der Waals surface area contributed by atoms with Gasteiger partial charge in [-0.1, -0.05) is 26.7 Å². The zero-order chi connectivity index (χ0) is 17.0. The summed E-state index contributed by atoms with van der Waals surface area (Å²) in [6, 6.07) is 0. The average Bonchev–Trinajstić information content (AvgIpc) is 2.51. The fourth-order valence-electron chi connectivity index (χ4n) is 3.36. The predicted octanol–water partition coefficient (Wildman–Crippen LogP) is 1.39. The molecule has 23 heavy (non-hydrogen) atoms. The van der Waals surface area contributed by atoms with Crippen molar-refractivity contribution in [2.24, 2.45) is 7.05 Å². The summed E-state index contributed by atoms with van der Waals surface area (Å²) >= 11 is 0. The van der Waals surface area contributed by atoms with Gasteiger partial charge in [0.25, 0.3) is 5.56 Å². The molecule has 0 unspecified atom stereocenters. The van der Waals surface area contributed by atoms with Crippen molar-refractivity contribution in [1.29, 1.82) is 0 Å². The summed E-state index contributed by atoms with van der Waals surface area (Å²) in [5, 5.41) is 10.7. The van der Waals surface area contributed by atoms with Crippen LogP contribution in [0.25, 0.3) is 0 Å². The molecule has 0 atom stereocenters. The number of hydrogen-bond acceptors (Lipinski definition) is 4. The SMILES string of the molecule is CCCC(O)(CCC)CC(=O)N1CCc2c(ncn(C)c2=O)C1. The number of fused-ring (bicyclic) bond motifs is 1. The lowest BCUT2D eigenvalue weighted by Gasteiger charge is -2.32. The fourth-order valence-corrected chi connectivity index (χ4v) is 3.36. The number of hydrogen-bond donors (Lipinski definition) is 1. The molecular formula is C17H27N3O3. The Hall–Kier alpha value is -1.69. The van der Waals surface area contributed by atoms with E-state index >= 15 is 0 Å². The van der Waals surface area contributed by atoms with E-state index in [-0.39, 0.29) is 17.9 Å². The second kappa shape index (κ2) is 7.25. The Balaban J connectivity index is 2.10. The summed E-state index contributed by atoms with van der Waals surface area (Å²) in [6.07, 6.45) is 5.15. The van der Waals surface area contributed by atoms with Crippen molar-refractivity contribution < 1.29 is 9.90 Å². The molecule has 1 amide bonds. The Morgan fingerprint density at radius 1 is 1.35 bits per heavy atom. The number of amides is 1. The highest BCUT2D eigenvalue weighted by Gasteiger charge is 2.32. The van der Waals surface area contributed by atoms with Crippen LogP contribution in [0.3, 0.4) is 0 Å². The maximum Gasteiger partial charge on any atom is 0.256 e. The van der Waals surface area contributed by atoms with Gasteiger partial charge in [0.2, 0.25) is 5.91 Å². The average molecular weight is 321 g/mol. The lowest BCUT2D eigenvalue weighted by atomic mass is 9.88. The maximum absolute atomic E-state index is 12.6. The standard InChI is InChI=1S/C17H27N3O3/c1-4-7-17(23,8-5-2)10-15(21)20-9-6-13-14(11-20)18-12-19(3)16(13)22/h12,23H,4-11H2,1-3H3. The zero-order valence-electron chi connectivity index (χ0n) is 14.3. The third-order valence-corrected chi connectivity index (χ3v) is 4.55. The van der Waals surface area contributed by atoms with Gasteiger partial charge in [0.05, 0.1) is 30.6 Å². The van der Waals surface area contributed by atoms with Crippen molar-refractivity contribution in [3.05, 3.63) is 27.9 Å². The highest BCUT2D eigenvalue weighted by molar-refractivity contribution is 5.77. The molecule has 6 nitrogen and oxygen atoms in total. The van der Waals surface area contributed by atoms with Crippen molar-refractivity contribution in [1.82, 2.24) is 14.5 Å². The molecule has 1 N–H and O–H groups in total. The summed E-state index contributed by atoms with van der Waals surface area (Å²) < 4.78 is 1.47. The van der Waals surface area contributed by atoms with Crippen LogP contribution in [0.5, 0.6) is 0 Å². The Morgan fingerprint density at radius 3 is 2.61 bits per heavy atom. The number of aromatic nitrogens is 2. The summed E-state index contributed by atoms with van der Waals surface area (Å²) in [5.74, 6) is -0.0532. The first-order valence-corrected chi connectivity index (χ1v) is 8.43. The van der Waals surface area contributed by atoms with Crippen molar-refractivity contribution in [2.45, 2.75) is 64.5 Å². The van der Waals surface area contributed by atoms with E-state index in [0.29, 0.717) is 43.6 Å². The molecule has 0 bridgehead atoms. The van der Waals surface area contributed by atoms with Crippen molar-refractivity contribution in [2.75, 3.05) is 6.54 Å². The van der Waals surface area contributed by atoms with Gasteiger partial charge in [-0.25, -0.2) is 4.98 Å². The molecule has 0 saturated carbocycles. The number of aliphatic hydroxyl groups is 1. The molecule has 0 saturated heterocycles. The fraction of sp³-hybridized carbons (Fsp3) is 0.706. The van der Waals surface area contributed by atoms with Gasteiger partial charge in [-0.3, -0.25) is 9.59 Å². The van der Waals surface area contributed by atoms with Gasteiger partial charge in [0.15, 0.2) is 0 Å². The first kappa shape index (κ1) is 17.7. The van der Waals surface area contributed by atoms with Gasteiger partial charge >= 0.3 is 0 Å². The Kier molecular flexibility index (Phi) is 5.57. The lowest BCUT2D eigenvalue weighted by Crippen LogP contribution is -2.43. The molecule has 0 spiro atoms. The normalized spacial score (nSPS) is 14.7. The molecule has 1 aromatic rings. The molecule has 1 aliphatic rings. The molecule has 0 aromatic carbocycles. The Morgan fingerprint density at radius 2 is 2.00 bits per heavy atom.